The third-order valence-electron chi connectivity index (χ3n) is 3.08. The summed E-state index contributed by atoms with van der Waals surface area (Å²) in [5, 5.41) is 5.58. The smallest absolute Gasteiger partial charge is 0.319 e. The van der Waals surface area contributed by atoms with Crippen molar-refractivity contribution in [3.8, 4) is 11.5 Å². The number of rotatable bonds is 6. The highest BCUT2D eigenvalue weighted by molar-refractivity contribution is 5.89. The molecule has 23 heavy (non-hydrogen) atoms. The molecule has 0 heterocycles. The van der Waals surface area contributed by atoms with Crippen LogP contribution in [0.15, 0.2) is 48.5 Å². The molecule has 0 spiro atoms. The largest absolute Gasteiger partial charge is 0.497 e. The van der Waals surface area contributed by atoms with Crippen molar-refractivity contribution in [3.05, 3.63) is 54.1 Å². The average molecular weight is 314 g/mol. The Bertz CT molecular complexity index is 639. The number of hydrogen-bond acceptors (Lipinski definition) is 3. The highest BCUT2D eigenvalue weighted by Crippen LogP contribution is 2.17. The van der Waals surface area contributed by atoms with E-state index in [1.165, 1.54) is 0 Å². The minimum Gasteiger partial charge on any atom is -0.497 e. The van der Waals surface area contributed by atoms with Crippen molar-refractivity contribution in [2.24, 2.45) is 0 Å². The van der Waals surface area contributed by atoms with Gasteiger partial charge in [0.2, 0.25) is 0 Å². The summed E-state index contributed by atoms with van der Waals surface area (Å²) in [5.41, 5.74) is 1.68. The number of ether oxygens (including phenoxy) is 2. The minimum absolute atomic E-state index is 0.146. The molecule has 122 valence electrons. The molecule has 5 heteroatoms. The molecule has 0 bridgehead atoms. The Morgan fingerprint density at radius 1 is 1.09 bits per heavy atom. The number of benzene rings is 2. The quantitative estimate of drug-likeness (QED) is 0.852. The molecule has 0 aliphatic carbocycles. The van der Waals surface area contributed by atoms with E-state index in [1.807, 2.05) is 50.2 Å². The third kappa shape index (κ3) is 5.54. The summed E-state index contributed by atoms with van der Waals surface area (Å²) in [6.07, 6.45) is 0.146. The molecule has 5 nitrogen and oxygen atoms in total. The first-order chi connectivity index (χ1) is 11.1. The van der Waals surface area contributed by atoms with Gasteiger partial charge in [0.15, 0.2) is 0 Å². The number of amides is 2. The summed E-state index contributed by atoms with van der Waals surface area (Å²) in [6, 6.07) is 14.6. The molecule has 0 unspecified atom stereocenters. The molecule has 2 aromatic rings. The first kappa shape index (κ1) is 16.7. The second-order valence-corrected chi connectivity index (χ2v) is 5.35. The van der Waals surface area contributed by atoms with Crippen LogP contribution in [-0.2, 0) is 6.54 Å². The molecule has 0 atom stereocenters. The summed E-state index contributed by atoms with van der Waals surface area (Å²) in [4.78, 5) is 11.9. The second kappa shape index (κ2) is 8.08. The van der Waals surface area contributed by atoms with E-state index in [2.05, 4.69) is 10.6 Å². The lowest BCUT2D eigenvalue weighted by Crippen LogP contribution is -2.28. The second-order valence-electron chi connectivity index (χ2n) is 5.35. The van der Waals surface area contributed by atoms with Gasteiger partial charge >= 0.3 is 6.03 Å². The van der Waals surface area contributed by atoms with Crippen molar-refractivity contribution in [2.75, 3.05) is 12.4 Å². The SMILES string of the molecule is COc1cccc(NC(=O)NCc2ccc(OC(C)C)cc2)c1. The van der Waals surface area contributed by atoms with E-state index in [0.717, 1.165) is 11.3 Å². The highest BCUT2D eigenvalue weighted by atomic mass is 16.5. The van der Waals surface area contributed by atoms with Crippen molar-refractivity contribution >= 4 is 11.7 Å². The van der Waals surface area contributed by atoms with Gasteiger partial charge in [-0.25, -0.2) is 4.79 Å². The molecular formula is C18H22N2O3. The van der Waals surface area contributed by atoms with Gasteiger partial charge in [-0.15, -0.1) is 0 Å². The maximum Gasteiger partial charge on any atom is 0.319 e. The number of methoxy groups -OCH3 is 1. The number of hydrogen-bond donors (Lipinski definition) is 2. The van der Waals surface area contributed by atoms with E-state index < -0.39 is 0 Å². The van der Waals surface area contributed by atoms with E-state index >= 15 is 0 Å². The van der Waals surface area contributed by atoms with E-state index in [0.29, 0.717) is 18.0 Å². The first-order valence-electron chi connectivity index (χ1n) is 7.51. The van der Waals surface area contributed by atoms with Gasteiger partial charge in [0.25, 0.3) is 0 Å². The van der Waals surface area contributed by atoms with Crippen LogP contribution in [0.5, 0.6) is 11.5 Å². The predicted octanol–water partition coefficient (Wildman–Crippen LogP) is 3.80. The van der Waals surface area contributed by atoms with Gasteiger partial charge in [0.05, 0.1) is 13.2 Å². The van der Waals surface area contributed by atoms with Crippen LogP contribution in [0.2, 0.25) is 0 Å². The Morgan fingerprint density at radius 2 is 1.83 bits per heavy atom. The van der Waals surface area contributed by atoms with Crippen LogP contribution in [0.25, 0.3) is 0 Å². The van der Waals surface area contributed by atoms with Crippen molar-refractivity contribution < 1.29 is 14.3 Å². The van der Waals surface area contributed by atoms with Crippen LogP contribution < -0.4 is 20.1 Å². The van der Waals surface area contributed by atoms with Gasteiger partial charge in [-0.3, -0.25) is 0 Å². The summed E-state index contributed by atoms with van der Waals surface area (Å²) >= 11 is 0. The predicted molar refractivity (Wildman–Crippen MR) is 91.1 cm³/mol. The van der Waals surface area contributed by atoms with Crippen molar-refractivity contribution in [2.45, 2.75) is 26.5 Å². The van der Waals surface area contributed by atoms with Gasteiger partial charge in [0, 0.05) is 18.3 Å². The van der Waals surface area contributed by atoms with E-state index in [9.17, 15) is 4.79 Å². The van der Waals surface area contributed by atoms with Gasteiger partial charge in [-0.05, 0) is 43.7 Å². The van der Waals surface area contributed by atoms with E-state index in [-0.39, 0.29) is 12.1 Å². The summed E-state index contributed by atoms with van der Waals surface area (Å²) in [7, 11) is 1.59. The molecule has 0 aliphatic heterocycles. The third-order valence-corrected chi connectivity index (χ3v) is 3.08. The summed E-state index contributed by atoms with van der Waals surface area (Å²) < 4.78 is 10.7. The zero-order valence-electron chi connectivity index (χ0n) is 13.6. The lowest BCUT2D eigenvalue weighted by Gasteiger charge is -2.11. The monoisotopic (exact) mass is 314 g/mol. The number of carbonyl (C=O) groups is 1. The number of urea groups is 1. The lowest BCUT2D eigenvalue weighted by atomic mass is 10.2. The fourth-order valence-corrected chi connectivity index (χ4v) is 2.02. The number of anilines is 1. The number of carbonyl (C=O) groups excluding carboxylic acids is 1. The van der Waals surface area contributed by atoms with E-state index in [1.54, 1.807) is 19.2 Å². The Balaban J connectivity index is 1.84. The maximum atomic E-state index is 11.9. The molecular weight excluding hydrogens is 292 g/mol. The normalized spacial score (nSPS) is 10.3. The molecule has 2 aromatic carbocycles. The molecule has 0 radical (unpaired) electrons. The van der Waals surface area contributed by atoms with E-state index in [4.69, 9.17) is 9.47 Å². The fourth-order valence-electron chi connectivity index (χ4n) is 2.02. The van der Waals surface area contributed by atoms with Crippen LogP contribution in [0.3, 0.4) is 0 Å². The van der Waals surface area contributed by atoms with Crippen LogP contribution >= 0.6 is 0 Å². The topological polar surface area (TPSA) is 59.6 Å². The van der Waals surface area contributed by atoms with Gasteiger partial charge in [-0.2, -0.15) is 0 Å². The van der Waals surface area contributed by atoms with Crippen molar-refractivity contribution in [3.63, 3.8) is 0 Å². The lowest BCUT2D eigenvalue weighted by molar-refractivity contribution is 0.242. The van der Waals surface area contributed by atoms with Crippen LogP contribution in [-0.4, -0.2) is 19.2 Å². The molecule has 2 amide bonds. The standard InChI is InChI=1S/C18H22N2O3/c1-13(2)23-16-9-7-14(8-10-16)12-19-18(21)20-15-5-4-6-17(11-15)22-3/h4-11,13H,12H2,1-3H3,(H2,19,20,21). The molecule has 2 N–H and O–H groups in total. The minimum atomic E-state index is -0.263. The molecule has 0 saturated heterocycles. The number of nitrogens with one attached hydrogen (secondary N) is 2. The Morgan fingerprint density at radius 3 is 2.48 bits per heavy atom. The zero-order chi connectivity index (χ0) is 16.7. The maximum absolute atomic E-state index is 11.9. The zero-order valence-corrected chi connectivity index (χ0v) is 13.6. The van der Waals surface area contributed by atoms with Crippen LogP contribution in [0.4, 0.5) is 10.5 Å². The molecule has 0 aromatic heterocycles. The molecule has 2 rings (SSSR count). The molecule has 0 aliphatic rings. The van der Waals surface area contributed by atoms with Crippen molar-refractivity contribution in [1.29, 1.82) is 0 Å². The van der Waals surface area contributed by atoms with Gasteiger partial charge in [-0.1, -0.05) is 18.2 Å². The average Bonchev–Trinajstić information content (AvgIpc) is 2.54. The highest BCUT2D eigenvalue weighted by Gasteiger charge is 2.03. The molecule has 0 fully saturated rings. The summed E-state index contributed by atoms with van der Waals surface area (Å²) in [5.74, 6) is 1.52. The van der Waals surface area contributed by atoms with Crippen LogP contribution in [0.1, 0.15) is 19.4 Å². The first-order valence-corrected chi connectivity index (χ1v) is 7.51. The Labute approximate surface area is 136 Å². The fraction of sp³-hybridized carbons (Fsp3) is 0.278. The summed E-state index contributed by atoms with van der Waals surface area (Å²) in [6.45, 7) is 4.41. The Kier molecular flexibility index (Phi) is 5.86. The van der Waals surface area contributed by atoms with Crippen LogP contribution in [0, 0.1) is 0 Å². The molecule has 0 saturated carbocycles. The van der Waals surface area contributed by atoms with Gasteiger partial charge in [0.1, 0.15) is 11.5 Å². The Hall–Kier alpha value is -2.69. The van der Waals surface area contributed by atoms with Crippen molar-refractivity contribution in [1.82, 2.24) is 5.32 Å². The van der Waals surface area contributed by atoms with Gasteiger partial charge < -0.3 is 20.1 Å².